The SMILES string of the molecule is Cc1cc(NC(=O)OC(C)(C)C)ccc1Nc1cc(Nc2ccc(NC(=O)OC(C)(C)C)cc2C)c([N+](=O)[O-])cc1[N+](=O)[O-].O. The molecule has 3 rings (SSSR count). The van der Waals surface area contributed by atoms with Crippen molar-refractivity contribution >= 4 is 57.7 Å². The van der Waals surface area contributed by atoms with Crippen molar-refractivity contribution in [1.82, 2.24) is 0 Å². The summed E-state index contributed by atoms with van der Waals surface area (Å²) < 4.78 is 10.5. The van der Waals surface area contributed by atoms with Gasteiger partial charge in [-0.1, -0.05) is 0 Å². The van der Waals surface area contributed by atoms with Crippen molar-refractivity contribution in [3.8, 4) is 0 Å². The highest BCUT2D eigenvalue weighted by Gasteiger charge is 2.26. The van der Waals surface area contributed by atoms with Crippen LogP contribution in [0.25, 0.3) is 0 Å². The second kappa shape index (κ2) is 13.9. The molecule has 45 heavy (non-hydrogen) atoms. The fraction of sp³-hybridized carbons (Fsp3) is 0.333. The molecule has 2 amide bonds. The minimum atomic E-state index is -0.713. The van der Waals surface area contributed by atoms with Gasteiger partial charge in [-0.15, -0.1) is 0 Å². The van der Waals surface area contributed by atoms with Crippen LogP contribution < -0.4 is 21.3 Å². The molecule has 15 nitrogen and oxygen atoms in total. The number of amides is 2. The molecular weight excluding hydrogens is 588 g/mol. The number of carbonyl (C=O) groups excluding carboxylic acids is 2. The van der Waals surface area contributed by atoms with Gasteiger partial charge in [-0.05, 0) is 109 Å². The summed E-state index contributed by atoms with van der Waals surface area (Å²) in [6.45, 7) is 13.9. The van der Waals surface area contributed by atoms with E-state index in [-0.39, 0.29) is 16.9 Å². The van der Waals surface area contributed by atoms with E-state index in [4.69, 9.17) is 9.47 Å². The molecule has 3 aromatic carbocycles. The molecule has 6 N–H and O–H groups in total. The third kappa shape index (κ3) is 10.4. The van der Waals surface area contributed by atoms with Gasteiger partial charge in [0.1, 0.15) is 22.6 Å². The smallest absolute Gasteiger partial charge is 0.412 e. The summed E-state index contributed by atoms with van der Waals surface area (Å²) in [5.74, 6) is 0. The Balaban J connectivity index is 0.00000705. The number of nitrogens with zero attached hydrogens (tertiary/aromatic N) is 2. The van der Waals surface area contributed by atoms with Gasteiger partial charge >= 0.3 is 12.2 Å². The number of hydrogen-bond acceptors (Lipinski definition) is 10. The molecule has 0 aliphatic heterocycles. The monoisotopic (exact) mass is 626 g/mol. The largest absolute Gasteiger partial charge is 0.444 e. The lowest BCUT2D eigenvalue weighted by Gasteiger charge is -2.20. The molecule has 242 valence electrons. The van der Waals surface area contributed by atoms with E-state index >= 15 is 0 Å². The molecule has 0 saturated carbocycles. The molecule has 0 heterocycles. The van der Waals surface area contributed by atoms with Gasteiger partial charge < -0.3 is 25.6 Å². The Kier molecular flexibility index (Phi) is 11.0. The standard InChI is InChI=1S/C30H36N6O8.H2O/c1-17-13-19(31-27(37)43-29(3,4)5)9-11-21(17)33-23-15-24(26(36(41)42)16-25(23)35(39)40)34-22-12-10-20(14-18(22)2)32-28(38)44-30(6,7)8;/h9-16,33-34H,1-8H3,(H,31,37)(H,32,38);1H2. The lowest BCUT2D eigenvalue weighted by molar-refractivity contribution is -0.393. The Morgan fingerprint density at radius 2 is 0.978 bits per heavy atom. The van der Waals surface area contributed by atoms with Crippen LogP contribution in [0.2, 0.25) is 0 Å². The lowest BCUT2D eigenvalue weighted by atomic mass is 10.1. The van der Waals surface area contributed by atoms with Gasteiger partial charge in [0.25, 0.3) is 11.4 Å². The van der Waals surface area contributed by atoms with Crippen molar-refractivity contribution in [2.45, 2.75) is 66.6 Å². The second-order valence-electron chi connectivity index (χ2n) is 12.0. The fourth-order valence-corrected chi connectivity index (χ4v) is 3.98. The van der Waals surface area contributed by atoms with Crippen molar-refractivity contribution in [2.75, 3.05) is 21.3 Å². The first-order chi connectivity index (χ1) is 20.3. The summed E-state index contributed by atoms with van der Waals surface area (Å²) in [6.07, 6.45) is -1.27. The molecular formula is C30H38N6O9. The number of nitro groups is 2. The van der Waals surface area contributed by atoms with Crippen LogP contribution in [0.3, 0.4) is 0 Å². The van der Waals surface area contributed by atoms with Crippen LogP contribution in [0.1, 0.15) is 52.7 Å². The van der Waals surface area contributed by atoms with Crippen LogP contribution in [0.4, 0.5) is 55.1 Å². The first kappa shape index (κ1) is 35.8. The number of nitrogens with one attached hydrogen (secondary N) is 4. The van der Waals surface area contributed by atoms with Gasteiger partial charge in [0.2, 0.25) is 0 Å². The van der Waals surface area contributed by atoms with Crippen LogP contribution in [0, 0.1) is 34.1 Å². The molecule has 0 aromatic heterocycles. The zero-order chi connectivity index (χ0) is 33.0. The second-order valence-corrected chi connectivity index (χ2v) is 12.0. The third-order valence-corrected chi connectivity index (χ3v) is 5.79. The molecule has 0 spiro atoms. The van der Waals surface area contributed by atoms with Gasteiger partial charge in [-0.2, -0.15) is 0 Å². The molecule has 0 atom stereocenters. The topological polar surface area (TPSA) is 218 Å². The number of rotatable bonds is 8. The number of ether oxygens (including phenoxy) is 2. The predicted molar refractivity (Wildman–Crippen MR) is 172 cm³/mol. The Morgan fingerprint density at radius 3 is 1.27 bits per heavy atom. The van der Waals surface area contributed by atoms with Crippen LogP contribution in [-0.4, -0.2) is 38.7 Å². The average molecular weight is 627 g/mol. The maximum atomic E-state index is 12.1. The van der Waals surface area contributed by atoms with Gasteiger partial charge in [0.15, 0.2) is 0 Å². The van der Waals surface area contributed by atoms with Crippen molar-refractivity contribution in [2.24, 2.45) is 0 Å². The number of anilines is 6. The predicted octanol–water partition coefficient (Wildman–Crippen LogP) is 7.48. The molecule has 0 aliphatic carbocycles. The average Bonchev–Trinajstić information content (AvgIpc) is 2.84. The van der Waals surface area contributed by atoms with Crippen LogP contribution in [0.5, 0.6) is 0 Å². The Bertz CT molecular complexity index is 1500. The molecule has 0 fully saturated rings. The molecule has 0 unspecified atom stereocenters. The molecule has 15 heteroatoms. The summed E-state index contributed by atoms with van der Waals surface area (Å²) in [5, 5.41) is 35.1. The number of carbonyl (C=O) groups is 2. The fourth-order valence-electron chi connectivity index (χ4n) is 3.98. The Hall–Kier alpha value is -5.44. The van der Waals surface area contributed by atoms with Crippen LogP contribution in [-0.2, 0) is 9.47 Å². The summed E-state index contributed by atoms with van der Waals surface area (Å²) in [6, 6.07) is 11.9. The normalized spacial score (nSPS) is 11.0. The maximum Gasteiger partial charge on any atom is 0.412 e. The number of aryl methyl sites for hydroxylation is 2. The van der Waals surface area contributed by atoms with Crippen LogP contribution >= 0.6 is 0 Å². The molecule has 0 bridgehead atoms. The summed E-state index contributed by atoms with van der Waals surface area (Å²) >= 11 is 0. The van der Waals surface area contributed by atoms with E-state index in [1.54, 1.807) is 91.8 Å². The first-order valence-electron chi connectivity index (χ1n) is 13.5. The van der Waals surface area contributed by atoms with Gasteiger partial charge in [0.05, 0.1) is 15.9 Å². The van der Waals surface area contributed by atoms with Crippen molar-refractivity contribution in [3.05, 3.63) is 79.9 Å². The Morgan fingerprint density at radius 1 is 0.622 bits per heavy atom. The van der Waals surface area contributed by atoms with E-state index < -0.39 is 44.6 Å². The molecule has 0 saturated heterocycles. The number of hydrogen-bond donors (Lipinski definition) is 4. The molecule has 3 aromatic rings. The molecule has 0 aliphatic rings. The third-order valence-electron chi connectivity index (χ3n) is 5.79. The van der Waals surface area contributed by atoms with Crippen molar-refractivity contribution in [1.29, 1.82) is 0 Å². The van der Waals surface area contributed by atoms with E-state index in [1.807, 2.05) is 0 Å². The highest BCUT2D eigenvalue weighted by Crippen LogP contribution is 2.40. The summed E-state index contributed by atoms with van der Waals surface area (Å²) in [7, 11) is 0. The molecule has 0 radical (unpaired) electrons. The Labute approximate surface area is 259 Å². The minimum absolute atomic E-state index is 0. The van der Waals surface area contributed by atoms with E-state index in [0.29, 0.717) is 33.9 Å². The zero-order valence-corrected chi connectivity index (χ0v) is 26.3. The van der Waals surface area contributed by atoms with E-state index in [2.05, 4.69) is 21.3 Å². The quantitative estimate of drug-likeness (QED) is 0.143. The minimum Gasteiger partial charge on any atom is -0.444 e. The van der Waals surface area contributed by atoms with Gasteiger partial charge in [-0.3, -0.25) is 30.9 Å². The maximum absolute atomic E-state index is 12.1. The van der Waals surface area contributed by atoms with Crippen LogP contribution in [0.15, 0.2) is 48.5 Å². The van der Waals surface area contributed by atoms with E-state index in [9.17, 15) is 29.8 Å². The zero-order valence-electron chi connectivity index (χ0n) is 26.3. The van der Waals surface area contributed by atoms with Gasteiger partial charge in [0, 0.05) is 22.7 Å². The summed E-state index contributed by atoms with van der Waals surface area (Å²) in [5.41, 5.74) is 0.711. The van der Waals surface area contributed by atoms with Crippen molar-refractivity contribution < 1.29 is 34.4 Å². The summed E-state index contributed by atoms with van der Waals surface area (Å²) in [4.78, 5) is 46.7. The first-order valence-corrected chi connectivity index (χ1v) is 13.5. The van der Waals surface area contributed by atoms with E-state index in [0.717, 1.165) is 6.07 Å². The number of nitro benzene ring substituents is 2. The van der Waals surface area contributed by atoms with E-state index in [1.165, 1.54) is 6.07 Å². The van der Waals surface area contributed by atoms with Crippen molar-refractivity contribution in [3.63, 3.8) is 0 Å². The number of benzene rings is 3. The highest BCUT2D eigenvalue weighted by molar-refractivity contribution is 5.88. The van der Waals surface area contributed by atoms with Gasteiger partial charge in [-0.25, -0.2) is 9.59 Å². The lowest BCUT2D eigenvalue weighted by Crippen LogP contribution is -2.27. The highest BCUT2D eigenvalue weighted by atomic mass is 16.6.